The van der Waals surface area contributed by atoms with Gasteiger partial charge in [0.2, 0.25) is 5.28 Å². The van der Waals surface area contributed by atoms with E-state index in [1.54, 1.807) is 11.3 Å². The van der Waals surface area contributed by atoms with Crippen LogP contribution in [0.5, 0.6) is 0 Å². The Balaban J connectivity index is 1.90. The van der Waals surface area contributed by atoms with Crippen LogP contribution in [0.4, 0.5) is 0 Å². The first-order valence-corrected chi connectivity index (χ1v) is 7.46. The number of rotatable bonds is 4. The van der Waals surface area contributed by atoms with Crippen LogP contribution in [0.15, 0.2) is 17.5 Å². The Hall–Kier alpha value is -0.870. The number of nitrogens with zero attached hydrogens (tertiary/aromatic N) is 3. The molecular weight excluding hydrogens is 266 g/mol. The minimum Gasteiger partial charge on any atom is -0.301 e. The molecule has 1 aliphatic carbocycles. The van der Waals surface area contributed by atoms with Gasteiger partial charge in [0.05, 0.1) is 0 Å². The number of hydrogen-bond donors (Lipinski definition) is 0. The van der Waals surface area contributed by atoms with Gasteiger partial charge in [-0.15, -0.1) is 21.5 Å². The van der Waals surface area contributed by atoms with Crippen molar-refractivity contribution >= 4 is 22.9 Å². The summed E-state index contributed by atoms with van der Waals surface area (Å²) < 4.78 is 2.08. The van der Waals surface area contributed by atoms with Crippen molar-refractivity contribution in [3.8, 4) is 0 Å². The SMILES string of the molecule is CC(C)(Cn1c(Cl)nnc1C1CC1)c1cccs1. The smallest absolute Gasteiger partial charge is 0.225 e. The lowest BCUT2D eigenvalue weighted by molar-refractivity contribution is 0.433. The standard InChI is InChI=1S/C13H16ClN3S/c1-13(2,10-4-3-7-18-10)8-17-11(9-5-6-9)15-16-12(17)14/h3-4,7,9H,5-6,8H2,1-2H3. The van der Waals surface area contributed by atoms with Gasteiger partial charge >= 0.3 is 0 Å². The molecule has 96 valence electrons. The molecule has 2 heterocycles. The first-order valence-electron chi connectivity index (χ1n) is 6.20. The molecule has 0 amide bonds. The van der Waals surface area contributed by atoms with E-state index in [9.17, 15) is 0 Å². The Bertz CT molecular complexity index is 541. The molecule has 0 saturated heterocycles. The molecule has 0 aromatic carbocycles. The second-order valence-corrected chi connectivity index (χ2v) is 6.83. The largest absolute Gasteiger partial charge is 0.301 e. The van der Waals surface area contributed by atoms with Gasteiger partial charge in [0, 0.05) is 22.8 Å². The summed E-state index contributed by atoms with van der Waals surface area (Å²) >= 11 is 7.97. The summed E-state index contributed by atoms with van der Waals surface area (Å²) in [4.78, 5) is 1.37. The van der Waals surface area contributed by atoms with E-state index in [0.29, 0.717) is 11.2 Å². The first-order chi connectivity index (χ1) is 8.58. The van der Waals surface area contributed by atoms with Crippen LogP contribution in [0.1, 0.15) is 43.3 Å². The quantitative estimate of drug-likeness (QED) is 0.852. The van der Waals surface area contributed by atoms with Gasteiger partial charge in [0.1, 0.15) is 5.82 Å². The maximum Gasteiger partial charge on any atom is 0.225 e. The predicted octanol–water partition coefficient (Wildman–Crippen LogP) is 3.85. The Labute approximate surface area is 116 Å². The van der Waals surface area contributed by atoms with E-state index in [2.05, 4.69) is 46.1 Å². The molecule has 0 N–H and O–H groups in total. The molecule has 0 bridgehead atoms. The maximum absolute atomic E-state index is 6.18. The van der Waals surface area contributed by atoms with Crippen LogP contribution in [0, 0.1) is 0 Å². The second kappa shape index (κ2) is 4.35. The van der Waals surface area contributed by atoms with E-state index in [0.717, 1.165) is 12.4 Å². The van der Waals surface area contributed by atoms with Crippen molar-refractivity contribution in [2.24, 2.45) is 0 Å². The average molecular weight is 282 g/mol. The predicted molar refractivity (Wildman–Crippen MR) is 74.4 cm³/mol. The van der Waals surface area contributed by atoms with Crippen LogP contribution >= 0.6 is 22.9 Å². The minimum absolute atomic E-state index is 0.0594. The van der Waals surface area contributed by atoms with E-state index in [1.165, 1.54) is 17.7 Å². The van der Waals surface area contributed by atoms with Gasteiger partial charge in [-0.3, -0.25) is 0 Å². The third-order valence-corrected chi connectivity index (χ3v) is 4.93. The third kappa shape index (κ3) is 2.19. The molecule has 0 aliphatic heterocycles. The maximum atomic E-state index is 6.18. The molecule has 5 heteroatoms. The van der Waals surface area contributed by atoms with Gasteiger partial charge in [0.15, 0.2) is 0 Å². The van der Waals surface area contributed by atoms with Gasteiger partial charge in [-0.05, 0) is 35.9 Å². The second-order valence-electron chi connectivity index (χ2n) is 5.55. The van der Waals surface area contributed by atoms with Gasteiger partial charge in [0.25, 0.3) is 0 Å². The minimum atomic E-state index is 0.0594. The van der Waals surface area contributed by atoms with Crippen molar-refractivity contribution in [1.82, 2.24) is 14.8 Å². The van der Waals surface area contributed by atoms with Gasteiger partial charge in [-0.1, -0.05) is 19.9 Å². The molecule has 2 aromatic heterocycles. The molecule has 0 spiro atoms. The van der Waals surface area contributed by atoms with Gasteiger partial charge < -0.3 is 4.57 Å². The zero-order valence-corrected chi connectivity index (χ0v) is 12.1. The fraction of sp³-hybridized carbons (Fsp3) is 0.538. The molecule has 0 radical (unpaired) electrons. The third-order valence-electron chi connectivity index (χ3n) is 3.42. The summed E-state index contributed by atoms with van der Waals surface area (Å²) in [6, 6.07) is 4.27. The Morgan fingerprint density at radius 3 is 2.83 bits per heavy atom. The van der Waals surface area contributed by atoms with E-state index < -0.39 is 0 Å². The number of aromatic nitrogens is 3. The molecule has 1 aliphatic rings. The molecule has 0 unspecified atom stereocenters. The number of halogens is 1. The summed E-state index contributed by atoms with van der Waals surface area (Å²) in [5.74, 6) is 1.63. The molecule has 3 rings (SSSR count). The molecule has 1 saturated carbocycles. The number of thiophene rings is 1. The van der Waals surface area contributed by atoms with Crippen molar-refractivity contribution in [3.63, 3.8) is 0 Å². The molecule has 1 fully saturated rings. The van der Waals surface area contributed by atoms with Crippen LogP contribution in [0.2, 0.25) is 5.28 Å². The molecule has 3 nitrogen and oxygen atoms in total. The van der Waals surface area contributed by atoms with Crippen molar-refractivity contribution in [1.29, 1.82) is 0 Å². The van der Waals surface area contributed by atoms with E-state index in [1.807, 2.05) is 0 Å². The van der Waals surface area contributed by atoms with E-state index >= 15 is 0 Å². The molecule has 2 aromatic rings. The highest BCUT2D eigenvalue weighted by atomic mass is 35.5. The normalized spacial score (nSPS) is 16.2. The monoisotopic (exact) mass is 281 g/mol. The first kappa shape index (κ1) is 12.2. The zero-order valence-electron chi connectivity index (χ0n) is 10.6. The zero-order chi connectivity index (χ0) is 12.8. The van der Waals surface area contributed by atoms with Crippen LogP contribution in [0.25, 0.3) is 0 Å². The summed E-state index contributed by atoms with van der Waals surface area (Å²) in [7, 11) is 0. The highest BCUT2D eigenvalue weighted by molar-refractivity contribution is 7.10. The van der Waals surface area contributed by atoms with Crippen LogP contribution in [-0.4, -0.2) is 14.8 Å². The van der Waals surface area contributed by atoms with Crippen LogP contribution in [0.3, 0.4) is 0 Å². The topological polar surface area (TPSA) is 30.7 Å². The van der Waals surface area contributed by atoms with Crippen molar-refractivity contribution in [2.45, 2.75) is 44.6 Å². The van der Waals surface area contributed by atoms with Gasteiger partial charge in [-0.2, -0.15) is 0 Å². The van der Waals surface area contributed by atoms with E-state index in [-0.39, 0.29) is 5.41 Å². The molecule has 18 heavy (non-hydrogen) atoms. The highest BCUT2D eigenvalue weighted by Crippen LogP contribution is 2.41. The lowest BCUT2D eigenvalue weighted by Gasteiger charge is -2.24. The fourth-order valence-electron chi connectivity index (χ4n) is 2.22. The summed E-state index contributed by atoms with van der Waals surface area (Å²) in [6.07, 6.45) is 2.43. The summed E-state index contributed by atoms with van der Waals surface area (Å²) in [5, 5.41) is 10.9. The molecule has 0 atom stereocenters. The Kier molecular flexibility index (Phi) is 2.94. The van der Waals surface area contributed by atoms with Crippen molar-refractivity contribution in [2.75, 3.05) is 0 Å². The lowest BCUT2D eigenvalue weighted by atomic mass is 9.91. The average Bonchev–Trinajstić information content (AvgIpc) is 2.88. The lowest BCUT2D eigenvalue weighted by Crippen LogP contribution is -2.24. The molecular formula is C13H16ClN3S. The fourth-order valence-corrected chi connectivity index (χ4v) is 3.25. The van der Waals surface area contributed by atoms with Crippen molar-refractivity contribution in [3.05, 3.63) is 33.5 Å². The van der Waals surface area contributed by atoms with Crippen molar-refractivity contribution < 1.29 is 0 Å². The van der Waals surface area contributed by atoms with E-state index in [4.69, 9.17) is 11.6 Å². The number of hydrogen-bond acceptors (Lipinski definition) is 3. The summed E-state index contributed by atoms with van der Waals surface area (Å²) in [5.41, 5.74) is 0.0594. The van der Waals surface area contributed by atoms with Crippen LogP contribution in [-0.2, 0) is 12.0 Å². The Morgan fingerprint density at radius 2 is 2.22 bits per heavy atom. The van der Waals surface area contributed by atoms with Gasteiger partial charge in [-0.25, -0.2) is 0 Å². The van der Waals surface area contributed by atoms with Crippen LogP contribution < -0.4 is 0 Å². The Morgan fingerprint density at radius 1 is 1.44 bits per heavy atom. The highest BCUT2D eigenvalue weighted by Gasteiger charge is 2.32. The summed E-state index contributed by atoms with van der Waals surface area (Å²) in [6.45, 7) is 5.32.